The number of nitrogen functional groups attached to an aromatic ring is 1. The Balaban J connectivity index is 2.35. The van der Waals surface area contributed by atoms with Crippen molar-refractivity contribution in [2.45, 2.75) is 0 Å². The Labute approximate surface area is 130 Å². The summed E-state index contributed by atoms with van der Waals surface area (Å²) in [6, 6.07) is 4.85. The second kappa shape index (κ2) is 4.65. The third-order valence-corrected chi connectivity index (χ3v) is 3.97. The van der Waals surface area contributed by atoms with Crippen molar-refractivity contribution < 1.29 is 14.0 Å². The minimum absolute atomic E-state index is 0.0419. The number of imide groups is 1. The van der Waals surface area contributed by atoms with E-state index in [0.29, 0.717) is 9.26 Å². The Hall–Kier alpha value is -2.23. The van der Waals surface area contributed by atoms with Crippen molar-refractivity contribution >= 4 is 40.2 Å². The third kappa shape index (κ3) is 2.02. The highest BCUT2D eigenvalue weighted by Crippen LogP contribution is 2.25. The molecule has 2 aromatic rings. The number of hydrogen-bond donors (Lipinski definition) is 2. The zero-order valence-electron chi connectivity index (χ0n) is 10.3. The molecule has 1 aliphatic heterocycles. The summed E-state index contributed by atoms with van der Waals surface area (Å²) >= 11 is 1.86. The standard InChI is InChI=1S/C13H7FIN3O3/c14-5-1-2-8(7(15)3-5)18-9(19)4-6-10(11(18)16)13(21)17-12(6)20/h1-4H,16H2,(H,17,20,21). The highest BCUT2D eigenvalue weighted by Gasteiger charge is 2.32. The maximum Gasteiger partial charge on any atom is 0.262 e. The van der Waals surface area contributed by atoms with Gasteiger partial charge in [0.05, 0.1) is 16.8 Å². The van der Waals surface area contributed by atoms with Gasteiger partial charge in [0.1, 0.15) is 11.6 Å². The Kier molecular flexibility index (Phi) is 3.04. The number of nitrogens with one attached hydrogen (secondary N) is 1. The van der Waals surface area contributed by atoms with Crippen molar-refractivity contribution in [1.82, 2.24) is 9.88 Å². The van der Waals surface area contributed by atoms with Crippen LogP contribution in [0.5, 0.6) is 0 Å². The van der Waals surface area contributed by atoms with Gasteiger partial charge in [-0.05, 0) is 40.8 Å². The predicted octanol–water partition coefficient (Wildman–Crippen LogP) is 1.05. The molecule has 1 aromatic heterocycles. The average Bonchev–Trinajstić information content (AvgIpc) is 2.67. The Morgan fingerprint density at radius 2 is 1.86 bits per heavy atom. The van der Waals surface area contributed by atoms with Gasteiger partial charge >= 0.3 is 0 Å². The Bertz CT molecular complexity index is 876. The van der Waals surface area contributed by atoms with Gasteiger partial charge in [-0.25, -0.2) is 4.39 Å². The maximum atomic E-state index is 13.2. The number of aromatic nitrogens is 1. The van der Waals surface area contributed by atoms with Gasteiger partial charge in [-0.1, -0.05) is 0 Å². The van der Waals surface area contributed by atoms with Crippen molar-refractivity contribution in [2.75, 3.05) is 5.73 Å². The molecule has 1 aliphatic rings. The fourth-order valence-corrected chi connectivity index (χ4v) is 2.91. The van der Waals surface area contributed by atoms with Crippen LogP contribution in [0.25, 0.3) is 5.69 Å². The number of nitrogens with two attached hydrogens (primary N) is 1. The smallest absolute Gasteiger partial charge is 0.262 e. The molecule has 0 fully saturated rings. The van der Waals surface area contributed by atoms with Gasteiger partial charge in [0, 0.05) is 9.64 Å². The van der Waals surface area contributed by atoms with Gasteiger partial charge in [0.2, 0.25) is 0 Å². The molecule has 1 aromatic carbocycles. The molecule has 0 atom stereocenters. The van der Waals surface area contributed by atoms with Crippen LogP contribution in [0.3, 0.4) is 0 Å². The summed E-state index contributed by atoms with van der Waals surface area (Å²) in [5.41, 5.74) is 5.57. The highest BCUT2D eigenvalue weighted by atomic mass is 127. The number of fused-ring (bicyclic) bond motifs is 1. The monoisotopic (exact) mass is 399 g/mol. The summed E-state index contributed by atoms with van der Waals surface area (Å²) in [5, 5.41) is 2.08. The number of nitrogens with zero attached hydrogens (tertiary/aromatic N) is 1. The third-order valence-electron chi connectivity index (χ3n) is 3.10. The first kappa shape index (κ1) is 13.7. The summed E-state index contributed by atoms with van der Waals surface area (Å²) < 4.78 is 14.7. The molecular formula is C13H7FIN3O3. The molecule has 6 nitrogen and oxygen atoms in total. The van der Waals surface area contributed by atoms with Crippen molar-refractivity contribution in [3.8, 4) is 5.69 Å². The zero-order chi connectivity index (χ0) is 15.3. The number of pyridine rings is 1. The van der Waals surface area contributed by atoms with Gasteiger partial charge in [0.25, 0.3) is 17.4 Å². The van der Waals surface area contributed by atoms with Crippen LogP contribution in [0.15, 0.2) is 29.1 Å². The molecule has 8 heteroatoms. The minimum Gasteiger partial charge on any atom is -0.384 e. The number of halogens is 2. The molecule has 0 bridgehead atoms. The van der Waals surface area contributed by atoms with Crippen molar-refractivity contribution in [3.05, 3.63) is 55.1 Å². The lowest BCUT2D eigenvalue weighted by atomic mass is 10.1. The molecule has 3 rings (SSSR count). The van der Waals surface area contributed by atoms with Crippen LogP contribution in [-0.4, -0.2) is 16.4 Å². The fraction of sp³-hybridized carbons (Fsp3) is 0. The number of amides is 2. The van der Waals surface area contributed by atoms with Gasteiger partial charge in [-0.2, -0.15) is 0 Å². The molecule has 2 amide bonds. The van der Waals surface area contributed by atoms with E-state index in [4.69, 9.17) is 5.73 Å². The number of rotatable bonds is 1. The van der Waals surface area contributed by atoms with Gasteiger partial charge in [-0.3, -0.25) is 24.3 Å². The van der Waals surface area contributed by atoms with Crippen LogP contribution in [-0.2, 0) is 0 Å². The first-order chi connectivity index (χ1) is 9.90. The molecule has 3 N–H and O–H groups in total. The van der Waals surface area contributed by atoms with Crippen LogP contribution in [0.4, 0.5) is 10.2 Å². The van der Waals surface area contributed by atoms with Gasteiger partial charge in [-0.15, -0.1) is 0 Å². The Morgan fingerprint density at radius 3 is 2.52 bits per heavy atom. The molecule has 0 unspecified atom stereocenters. The number of hydrogen-bond acceptors (Lipinski definition) is 4. The van der Waals surface area contributed by atoms with E-state index in [9.17, 15) is 18.8 Å². The summed E-state index contributed by atoms with van der Waals surface area (Å²) in [5.74, 6) is -1.91. The topological polar surface area (TPSA) is 94.2 Å². The van der Waals surface area contributed by atoms with E-state index in [2.05, 4.69) is 5.32 Å². The molecule has 0 spiro atoms. The van der Waals surface area contributed by atoms with E-state index in [0.717, 1.165) is 10.6 Å². The minimum atomic E-state index is -0.654. The predicted molar refractivity (Wildman–Crippen MR) is 80.9 cm³/mol. The number of benzene rings is 1. The molecule has 0 saturated carbocycles. The lowest BCUT2D eigenvalue weighted by Gasteiger charge is -2.13. The van der Waals surface area contributed by atoms with E-state index in [-0.39, 0.29) is 16.9 Å². The van der Waals surface area contributed by atoms with E-state index in [1.807, 2.05) is 22.6 Å². The lowest BCUT2D eigenvalue weighted by Crippen LogP contribution is -2.24. The molecule has 0 aliphatic carbocycles. The molecule has 2 heterocycles. The van der Waals surface area contributed by atoms with Crippen LogP contribution in [0, 0.1) is 9.39 Å². The van der Waals surface area contributed by atoms with Crippen LogP contribution < -0.4 is 16.6 Å². The molecule has 21 heavy (non-hydrogen) atoms. The van der Waals surface area contributed by atoms with Crippen molar-refractivity contribution in [1.29, 1.82) is 0 Å². The fourth-order valence-electron chi connectivity index (χ4n) is 2.19. The second-order valence-corrected chi connectivity index (χ2v) is 5.53. The first-order valence-electron chi connectivity index (χ1n) is 5.77. The van der Waals surface area contributed by atoms with Crippen molar-refractivity contribution in [3.63, 3.8) is 0 Å². The summed E-state index contributed by atoms with van der Waals surface area (Å²) in [6.45, 7) is 0. The zero-order valence-corrected chi connectivity index (χ0v) is 12.5. The van der Waals surface area contributed by atoms with Gasteiger partial charge < -0.3 is 5.73 Å². The van der Waals surface area contributed by atoms with E-state index in [1.165, 1.54) is 18.2 Å². The van der Waals surface area contributed by atoms with Crippen LogP contribution >= 0.6 is 22.6 Å². The second-order valence-electron chi connectivity index (χ2n) is 4.37. The molecule has 0 radical (unpaired) electrons. The number of carbonyl (C=O) groups excluding carboxylic acids is 2. The molecular weight excluding hydrogens is 392 g/mol. The van der Waals surface area contributed by atoms with E-state index in [1.54, 1.807) is 0 Å². The number of carbonyl (C=O) groups is 2. The Morgan fingerprint density at radius 1 is 1.14 bits per heavy atom. The van der Waals surface area contributed by atoms with Gasteiger partial charge in [0.15, 0.2) is 0 Å². The van der Waals surface area contributed by atoms with Crippen LogP contribution in [0.2, 0.25) is 0 Å². The molecule has 106 valence electrons. The van der Waals surface area contributed by atoms with E-state index < -0.39 is 23.2 Å². The lowest BCUT2D eigenvalue weighted by molar-refractivity contribution is 0.0880. The quantitative estimate of drug-likeness (QED) is 0.554. The number of anilines is 1. The normalized spacial score (nSPS) is 13.2. The van der Waals surface area contributed by atoms with Crippen LogP contribution in [0.1, 0.15) is 20.7 Å². The summed E-state index contributed by atoms with van der Waals surface area (Å²) in [4.78, 5) is 35.5. The van der Waals surface area contributed by atoms with Crippen molar-refractivity contribution in [2.24, 2.45) is 0 Å². The maximum absolute atomic E-state index is 13.2. The first-order valence-corrected chi connectivity index (χ1v) is 6.84. The molecule has 0 saturated heterocycles. The summed E-state index contributed by atoms with van der Waals surface area (Å²) in [7, 11) is 0. The highest BCUT2D eigenvalue weighted by molar-refractivity contribution is 14.1. The average molecular weight is 399 g/mol. The largest absolute Gasteiger partial charge is 0.384 e. The summed E-state index contributed by atoms with van der Waals surface area (Å²) in [6.07, 6.45) is 0. The van der Waals surface area contributed by atoms with E-state index >= 15 is 0 Å². The SMILES string of the molecule is Nc1c2c(cc(=O)n1-c1ccc(F)cc1I)C(=O)NC2=O.